The summed E-state index contributed by atoms with van der Waals surface area (Å²) < 4.78 is 2.40. The van der Waals surface area contributed by atoms with Crippen molar-refractivity contribution < 1.29 is 0 Å². The second kappa shape index (κ2) is 9.73. The molecule has 2 nitrogen and oxygen atoms in total. The van der Waals surface area contributed by atoms with Crippen LogP contribution in [-0.2, 0) is 13.0 Å². The van der Waals surface area contributed by atoms with Crippen LogP contribution in [0.25, 0.3) is 11.0 Å². The first-order valence-corrected chi connectivity index (χ1v) is 12.1. The molecule has 0 saturated heterocycles. The molecule has 4 aromatic rings. The van der Waals surface area contributed by atoms with Crippen molar-refractivity contribution in [2.45, 2.75) is 65.8 Å². The van der Waals surface area contributed by atoms with Crippen LogP contribution in [-0.4, -0.2) is 9.55 Å². The summed E-state index contributed by atoms with van der Waals surface area (Å²) in [5.74, 6) is 2.64. The van der Waals surface area contributed by atoms with Crippen LogP contribution in [0.15, 0.2) is 72.8 Å². The van der Waals surface area contributed by atoms with Gasteiger partial charge >= 0.3 is 0 Å². The van der Waals surface area contributed by atoms with E-state index in [2.05, 4.69) is 112 Å². The molecule has 0 amide bonds. The standard InChI is InChI=1S/C30H36N2/c1-6-22(4)26-15-13-25(14-16-26)20-32-29-10-8-7-9-28(29)31-30(32)23(5)27-17-11-24(12-18-27)19-21(2)3/h7-18,21-23H,6,19-20H2,1-5H3. The van der Waals surface area contributed by atoms with Gasteiger partial charge in [-0.2, -0.15) is 0 Å². The summed E-state index contributed by atoms with van der Waals surface area (Å²) in [6, 6.07) is 26.8. The lowest BCUT2D eigenvalue weighted by Gasteiger charge is -2.17. The number of imidazole rings is 1. The Balaban J connectivity index is 1.67. The first-order valence-electron chi connectivity index (χ1n) is 12.1. The van der Waals surface area contributed by atoms with E-state index in [1.807, 2.05) is 0 Å². The number of nitrogens with zero attached hydrogens (tertiary/aromatic N) is 2. The third-order valence-electron chi connectivity index (χ3n) is 6.70. The van der Waals surface area contributed by atoms with Gasteiger partial charge in [0.05, 0.1) is 11.0 Å². The van der Waals surface area contributed by atoms with E-state index < -0.39 is 0 Å². The molecular formula is C30H36N2. The Labute approximate surface area is 193 Å². The number of hydrogen-bond donors (Lipinski definition) is 0. The van der Waals surface area contributed by atoms with Crippen LogP contribution in [0.5, 0.6) is 0 Å². The minimum atomic E-state index is 0.231. The number of aromatic nitrogens is 2. The second-order valence-electron chi connectivity index (χ2n) is 9.66. The fraction of sp³-hybridized carbons (Fsp3) is 0.367. The van der Waals surface area contributed by atoms with Gasteiger partial charge in [-0.1, -0.05) is 95.3 Å². The Kier molecular flexibility index (Phi) is 6.79. The predicted octanol–water partition coefficient (Wildman–Crippen LogP) is 7.95. The summed E-state index contributed by atoms with van der Waals surface area (Å²) in [5.41, 5.74) is 7.74. The third-order valence-corrected chi connectivity index (χ3v) is 6.70. The Bertz CT molecular complexity index is 1150. The number of para-hydroxylation sites is 2. The zero-order valence-corrected chi connectivity index (χ0v) is 20.2. The molecule has 0 bridgehead atoms. The Hall–Kier alpha value is -2.87. The van der Waals surface area contributed by atoms with E-state index in [0.717, 1.165) is 24.3 Å². The van der Waals surface area contributed by atoms with Gasteiger partial charge in [0.1, 0.15) is 5.82 Å². The molecule has 1 heterocycles. The molecule has 32 heavy (non-hydrogen) atoms. The molecule has 0 spiro atoms. The van der Waals surface area contributed by atoms with Gasteiger partial charge in [0.2, 0.25) is 0 Å². The fourth-order valence-corrected chi connectivity index (χ4v) is 4.52. The zero-order valence-electron chi connectivity index (χ0n) is 20.2. The maximum atomic E-state index is 5.08. The van der Waals surface area contributed by atoms with Crippen molar-refractivity contribution in [2.75, 3.05) is 0 Å². The number of benzene rings is 3. The first kappa shape index (κ1) is 22.3. The third kappa shape index (κ3) is 4.80. The zero-order chi connectivity index (χ0) is 22.7. The Morgan fingerprint density at radius 2 is 1.38 bits per heavy atom. The topological polar surface area (TPSA) is 17.8 Å². The van der Waals surface area contributed by atoms with Crippen molar-refractivity contribution in [1.29, 1.82) is 0 Å². The van der Waals surface area contributed by atoms with E-state index in [0.29, 0.717) is 11.8 Å². The maximum Gasteiger partial charge on any atom is 0.117 e. The normalized spacial score (nSPS) is 13.6. The van der Waals surface area contributed by atoms with Crippen LogP contribution in [0, 0.1) is 5.92 Å². The van der Waals surface area contributed by atoms with Crippen LogP contribution in [0.4, 0.5) is 0 Å². The van der Waals surface area contributed by atoms with Crippen LogP contribution >= 0.6 is 0 Å². The van der Waals surface area contributed by atoms with Crippen LogP contribution in [0.1, 0.15) is 81.0 Å². The summed E-state index contributed by atoms with van der Waals surface area (Å²) in [5, 5.41) is 0. The molecular weight excluding hydrogens is 388 g/mol. The molecule has 0 aliphatic carbocycles. The number of fused-ring (bicyclic) bond motifs is 1. The molecule has 2 atom stereocenters. The summed E-state index contributed by atoms with van der Waals surface area (Å²) in [4.78, 5) is 5.08. The Morgan fingerprint density at radius 3 is 2.03 bits per heavy atom. The molecule has 0 aliphatic rings. The van der Waals surface area contributed by atoms with Gasteiger partial charge in [0.15, 0.2) is 0 Å². The first-order chi connectivity index (χ1) is 15.5. The molecule has 2 heteroatoms. The van der Waals surface area contributed by atoms with Crippen LogP contribution in [0.3, 0.4) is 0 Å². The van der Waals surface area contributed by atoms with Crippen molar-refractivity contribution >= 4 is 11.0 Å². The molecule has 166 valence electrons. The van der Waals surface area contributed by atoms with Gasteiger partial charge in [-0.05, 0) is 59.1 Å². The average molecular weight is 425 g/mol. The molecule has 0 N–H and O–H groups in total. The fourth-order valence-electron chi connectivity index (χ4n) is 4.52. The van der Waals surface area contributed by atoms with E-state index in [4.69, 9.17) is 4.98 Å². The molecule has 2 unspecified atom stereocenters. The lowest BCUT2D eigenvalue weighted by Crippen LogP contribution is -2.09. The molecule has 3 aromatic carbocycles. The van der Waals surface area contributed by atoms with Gasteiger partial charge < -0.3 is 4.57 Å². The largest absolute Gasteiger partial charge is 0.323 e. The van der Waals surface area contributed by atoms with Crippen molar-refractivity contribution in [3.05, 3.63) is 101 Å². The lowest BCUT2D eigenvalue weighted by atomic mass is 9.96. The number of hydrogen-bond acceptors (Lipinski definition) is 1. The van der Waals surface area contributed by atoms with Crippen molar-refractivity contribution in [3.8, 4) is 0 Å². The predicted molar refractivity (Wildman–Crippen MR) is 136 cm³/mol. The number of rotatable bonds is 8. The minimum Gasteiger partial charge on any atom is -0.323 e. The molecule has 4 rings (SSSR count). The lowest BCUT2D eigenvalue weighted by molar-refractivity contribution is 0.646. The summed E-state index contributed by atoms with van der Waals surface area (Å²) >= 11 is 0. The van der Waals surface area contributed by atoms with Crippen LogP contribution in [0.2, 0.25) is 0 Å². The van der Waals surface area contributed by atoms with E-state index in [1.54, 1.807) is 0 Å². The summed E-state index contributed by atoms with van der Waals surface area (Å²) in [6.07, 6.45) is 2.29. The monoisotopic (exact) mass is 424 g/mol. The molecule has 1 aromatic heterocycles. The smallest absolute Gasteiger partial charge is 0.117 e. The molecule has 0 aliphatic heterocycles. The van der Waals surface area contributed by atoms with Gasteiger partial charge in [0, 0.05) is 12.5 Å². The maximum absolute atomic E-state index is 5.08. The minimum absolute atomic E-state index is 0.231. The van der Waals surface area contributed by atoms with Gasteiger partial charge in [-0.15, -0.1) is 0 Å². The van der Waals surface area contributed by atoms with Crippen molar-refractivity contribution in [2.24, 2.45) is 5.92 Å². The Morgan fingerprint density at radius 1 is 0.750 bits per heavy atom. The average Bonchev–Trinajstić information content (AvgIpc) is 3.17. The van der Waals surface area contributed by atoms with Crippen LogP contribution < -0.4 is 0 Å². The molecule has 0 fully saturated rings. The highest BCUT2D eigenvalue weighted by Gasteiger charge is 2.18. The SMILES string of the molecule is CCC(C)c1ccc(Cn2c(C(C)c3ccc(CC(C)C)cc3)nc3ccccc32)cc1. The second-order valence-corrected chi connectivity index (χ2v) is 9.66. The van der Waals surface area contributed by atoms with Gasteiger partial charge in [0.25, 0.3) is 0 Å². The van der Waals surface area contributed by atoms with E-state index in [-0.39, 0.29) is 5.92 Å². The molecule has 0 saturated carbocycles. The van der Waals surface area contributed by atoms with Gasteiger partial charge in [-0.3, -0.25) is 0 Å². The van der Waals surface area contributed by atoms with Gasteiger partial charge in [-0.25, -0.2) is 4.98 Å². The highest BCUT2D eigenvalue weighted by atomic mass is 15.1. The quantitative estimate of drug-likeness (QED) is 0.281. The van der Waals surface area contributed by atoms with E-state index >= 15 is 0 Å². The summed E-state index contributed by atoms with van der Waals surface area (Å²) in [6.45, 7) is 12.2. The molecule has 0 radical (unpaired) electrons. The van der Waals surface area contributed by atoms with Crippen molar-refractivity contribution in [3.63, 3.8) is 0 Å². The summed E-state index contributed by atoms with van der Waals surface area (Å²) in [7, 11) is 0. The van der Waals surface area contributed by atoms with E-state index in [9.17, 15) is 0 Å². The highest BCUT2D eigenvalue weighted by molar-refractivity contribution is 5.76. The highest BCUT2D eigenvalue weighted by Crippen LogP contribution is 2.29. The van der Waals surface area contributed by atoms with Crippen molar-refractivity contribution in [1.82, 2.24) is 9.55 Å². The van der Waals surface area contributed by atoms with E-state index in [1.165, 1.54) is 34.2 Å².